The van der Waals surface area contributed by atoms with Gasteiger partial charge in [0.2, 0.25) is 5.75 Å². The Morgan fingerprint density at radius 1 is 0.966 bits per heavy atom. The van der Waals surface area contributed by atoms with Crippen LogP contribution in [0.2, 0.25) is 5.02 Å². The SMILES string of the molecule is COc1cc(CC(=O)OCc2cc(Cl)c3c(c2)OCCCO3)cc(OC)c1OC. The molecular formula is C21H23ClO7. The number of benzene rings is 2. The zero-order valence-corrected chi connectivity index (χ0v) is 17.3. The van der Waals surface area contributed by atoms with Gasteiger partial charge in [0.15, 0.2) is 23.0 Å². The molecule has 0 radical (unpaired) electrons. The summed E-state index contributed by atoms with van der Waals surface area (Å²) in [6.07, 6.45) is 0.832. The van der Waals surface area contributed by atoms with E-state index in [0.29, 0.717) is 52.5 Å². The normalized spacial score (nSPS) is 12.7. The van der Waals surface area contributed by atoms with Crippen molar-refractivity contribution >= 4 is 17.6 Å². The Bertz CT molecular complexity index is 857. The molecule has 0 fully saturated rings. The van der Waals surface area contributed by atoms with Gasteiger partial charge in [-0.2, -0.15) is 0 Å². The van der Waals surface area contributed by atoms with Crippen LogP contribution in [0.5, 0.6) is 28.7 Å². The van der Waals surface area contributed by atoms with Crippen molar-refractivity contribution in [1.29, 1.82) is 0 Å². The third-order valence-corrected chi connectivity index (χ3v) is 4.62. The van der Waals surface area contributed by atoms with Gasteiger partial charge in [-0.15, -0.1) is 0 Å². The van der Waals surface area contributed by atoms with Crippen molar-refractivity contribution in [2.75, 3.05) is 34.5 Å². The fraction of sp³-hybridized carbons (Fsp3) is 0.381. The lowest BCUT2D eigenvalue weighted by Gasteiger charge is -2.14. The van der Waals surface area contributed by atoms with Crippen LogP contribution in [0.15, 0.2) is 24.3 Å². The molecule has 2 aromatic rings. The lowest BCUT2D eigenvalue weighted by molar-refractivity contribution is -0.144. The van der Waals surface area contributed by atoms with Crippen LogP contribution in [-0.2, 0) is 22.6 Å². The van der Waals surface area contributed by atoms with Gasteiger partial charge in [0, 0.05) is 6.42 Å². The molecule has 1 aliphatic rings. The Morgan fingerprint density at radius 2 is 1.66 bits per heavy atom. The number of esters is 1. The van der Waals surface area contributed by atoms with Crippen molar-refractivity contribution in [3.8, 4) is 28.7 Å². The third kappa shape index (κ3) is 4.98. The molecule has 29 heavy (non-hydrogen) atoms. The molecule has 0 aliphatic carbocycles. The number of methoxy groups -OCH3 is 3. The van der Waals surface area contributed by atoms with E-state index in [0.717, 1.165) is 12.0 Å². The van der Waals surface area contributed by atoms with Crippen LogP contribution in [-0.4, -0.2) is 40.5 Å². The Kier molecular flexibility index (Phi) is 6.93. The molecule has 7 nitrogen and oxygen atoms in total. The summed E-state index contributed by atoms with van der Waals surface area (Å²) < 4.78 is 32.6. The van der Waals surface area contributed by atoms with Crippen molar-refractivity contribution in [1.82, 2.24) is 0 Å². The first-order valence-electron chi connectivity index (χ1n) is 9.08. The summed E-state index contributed by atoms with van der Waals surface area (Å²) in [4.78, 5) is 12.3. The summed E-state index contributed by atoms with van der Waals surface area (Å²) in [6.45, 7) is 1.17. The highest BCUT2D eigenvalue weighted by Crippen LogP contribution is 2.39. The van der Waals surface area contributed by atoms with Gasteiger partial charge in [-0.25, -0.2) is 0 Å². The molecule has 1 aliphatic heterocycles. The summed E-state index contributed by atoms with van der Waals surface area (Å²) >= 11 is 6.28. The average Bonchev–Trinajstić information content (AvgIpc) is 2.97. The monoisotopic (exact) mass is 422 g/mol. The number of hydrogen-bond acceptors (Lipinski definition) is 7. The van der Waals surface area contributed by atoms with Crippen LogP contribution >= 0.6 is 11.6 Å². The summed E-state index contributed by atoms with van der Waals surface area (Å²) in [5.74, 6) is 2.10. The van der Waals surface area contributed by atoms with Crippen LogP contribution < -0.4 is 23.7 Å². The van der Waals surface area contributed by atoms with Crippen molar-refractivity contribution in [2.24, 2.45) is 0 Å². The minimum absolute atomic E-state index is 0.0506. The third-order valence-electron chi connectivity index (χ3n) is 4.33. The maximum Gasteiger partial charge on any atom is 0.310 e. The van der Waals surface area contributed by atoms with Gasteiger partial charge in [0.25, 0.3) is 0 Å². The fourth-order valence-electron chi connectivity index (χ4n) is 2.99. The smallest absolute Gasteiger partial charge is 0.310 e. The predicted octanol–water partition coefficient (Wildman–Crippen LogP) is 3.81. The number of halogens is 1. The Labute approximate surface area is 174 Å². The van der Waals surface area contributed by atoms with Crippen LogP contribution in [0.4, 0.5) is 0 Å². The molecule has 1 heterocycles. The molecule has 0 aromatic heterocycles. The van der Waals surface area contributed by atoms with E-state index in [1.165, 1.54) is 21.3 Å². The highest BCUT2D eigenvalue weighted by Gasteiger charge is 2.18. The molecule has 0 amide bonds. The van der Waals surface area contributed by atoms with E-state index in [2.05, 4.69) is 0 Å². The molecule has 2 aromatic carbocycles. The molecule has 8 heteroatoms. The summed E-state index contributed by atoms with van der Waals surface area (Å²) in [5.41, 5.74) is 1.40. The van der Waals surface area contributed by atoms with Crippen LogP contribution in [0.1, 0.15) is 17.5 Å². The van der Waals surface area contributed by atoms with Gasteiger partial charge in [0.05, 0.1) is 46.0 Å². The molecule has 0 bridgehead atoms. The Morgan fingerprint density at radius 3 is 2.31 bits per heavy atom. The van der Waals surface area contributed by atoms with Crippen molar-refractivity contribution in [3.63, 3.8) is 0 Å². The number of fused-ring (bicyclic) bond motifs is 1. The van der Waals surface area contributed by atoms with E-state index in [4.69, 9.17) is 40.0 Å². The van der Waals surface area contributed by atoms with Gasteiger partial charge in [-0.3, -0.25) is 4.79 Å². The van der Waals surface area contributed by atoms with E-state index < -0.39 is 5.97 Å². The van der Waals surface area contributed by atoms with E-state index in [1.807, 2.05) is 0 Å². The standard InChI is InChI=1S/C21H23ClO7/c1-24-16-8-13(9-17(25-2)21(16)26-3)11-19(23)29-12-14-7-15(22)20-18(10-14)27-5-4-6-28-20/h7-10H,4-6,11-12H2,1-3H3. The van der Waals surface area contributed by atoms with Gasteiger partial charge < -0.3 is 28.4 Å². The molecule has 0 saturated heterocycles. The maximum absolute atomic E-state index is 12.3. The minimum Gasteiger partial charge on any atom is -0.493 e. The van der Waals surface area contributed by atoms with E-state index in [9.17, 15) is 4.79 Å². The fourth-order valence-corrected chi connectivity index (χ4v) is 3.27. The molecule has 0 atom stereocenters. The maximum atomic E-state index is 12.3. The minimum atomic E-state index is -0.400. The second-order valence-electron chi connectivity index (χ2n) is 6.33. The number of carbonyl (C=O) groups excluding carboxylic acids is 1. The summed E-state index contributed by atoms with van der Waals surface area (Å²) in [6, 6.07) is 6.92. The molecule has 0 unspecified atom stereocenters. The lowest BCUT2D eigenvalue weighted by atomic mass is 10.1. The zero-order chi connectivity index (χ0) is 20.8. The van der Waals surface area contributed by atoms with Gasteiger partial charge in [-0.1, -0.05) is 11.6 Å². The first kappa shape index (κ1) is 20.9. The van der Waals surface area contributed by atoms with Gasteiger partial charge >= 0.3 is 5.97 Å². The second kappa shape index (κ2) is 9.60. The Hall–Kier alpha value is -2.80. The second-order valence-corrected chi connectivity index (χ2v) is 6.73. The topological polar surface area (TPSA) is 72.5 Å². The highest BCUT2D eigenvalue weighted by molar-refractivity contribution is 6.32. The average molecular weight is 423 g/mol. The molecule has 3 rings (SSSR count). The molecule has 0 N–H and O–H groups in total. The van der Waals surface area contributed by atoms with Crippen LogP contribution in [0.3, 0.4) is 0 Å². The lowest BCUT2D eigenvalue weighted by Crippen LogP contribution is -2.09. The van der Waals surface area contributed by atoms with Crippen LogP contribution in [0.25, 0.3) is 0 Å². The largest absolute Gasteiger partial charge is 0.493 e. The highest BCUT2D eigenvalue weighted by atomic mass is 35.5. The predicted molar refractivity (Wildman–Crippen MR) is 107 cm³/mol. The zero-order valence-electron chi connectivity index (χ0n) is 16.6. The number of hydrogen-bond donors (Lipinski definition) is 0. The van der Waals surface area contributed by atoms with E-state index in [-0.39, 0.29) is 13.0 Å². The van der Waals surface area contributed by atoms with Crippen molar-refractivity contribution < 1.29 is 33.2 Å². The Balaban J connectivity index is 1.67. The number of ether oxygens (including phenoxy) is 6. The van der Waals surface area contributed by atoms with Crippen molar-refractivity contribution in [3.05, 3.63) is 40.4 Å². The first-order chi connectivity index (χ1) is 14.0. The van der Waals surface area contributed by atoms with Crippen LogP contribution in [0, 0.1) is 0 Å². The molecule has 0 saturated carbocycles. The first-order valence-corrected chi connectivity index (χ1v) is 9.46. The molecular weight excluding hydrogens is 400 g/mol. The number of carbonyl (C=O) groups is 1. The van der Waals surface area contributed by atoms with Crippen molar-refractivity contribution in [2.45, 2.75) is 19.4 Å². The van der Waals surface area contributed by atoms with Gasteiger partial charge in [-0.05, 0) is 35.4 Å². The molecule has 156 valence electrons. The van der Waals surface area contributed by atoms with E-state index in [1.54, 1.807) is 24.3 Å². The summed E-state index contributed by atoms with van der Waals surface area (Å²) in [7, 11) is 4.56. The molecule has 0 spiro atoms. The van der Waals surface area contributed by atoms with Gasteiger partial charge in [0.1, 0.15) is 6.61 Å². The van der Waals surface area contributed by atoms with E-state index >= 15 is 0 Å². The quantitative estimate of drug-likeness (QED) is 0.628. The number of rotatable bonds is 7. The summed E-state index contributed by atoms with van der Waals surface area (Å²) in [5, 5.41) is 0.431.